The minimum absolute atomic E-state index is 0.0525. The minimum atomic E-state index is -0.531. The van der Waals surface area contributed by atoms with Crippen LogP contribution < -0.4 is 10.6 Å². The number of carbonyl (C=O) groups is 1. The number of carbonyl (C=O) groups excluding carboxylic acids is 1. The quantitative estimate of drug-likeness (QED) is 0.585. The number of amides is 1. The Morgan fingerprint density at radius 3 is 2.42 bits per heavy atom. The van der Waals surface area contributed by atoms with Crippen LogP contribution in [0.1, 0.15) is 58.4 Å². The van der Waals surface area contributed by atoms with Gasteiger partial charge < -0.3 is 15.5 Å². The first kappa shape index (κ1) is 27.3. The van der Waals surface area contributed by atoms with E-state index in [9.17, 15) is 9.00 Å². The molecule has 0 bridgehead atoms. The highest BCUT2D eigenvalue weighted by Crippen LogP contribution is 2.50. The highest BCUT2D eigenvalue weighted by Gasteiger charge is 2.48. The van der Waals surface area contributed by atoms with E-state index in [2.05, 4.69) is 78.8 Å². The van der Waals surface area contributed by atoms with Crippen LogP contribution in [0.25, 0.3) is 0 Å². The molecule has 6 heteroatoms. The third kappa shape index (κ3) is 6.03. The summed E-state index contributed by atoms with van der Waals surface area (Å²) >= 11 is 0. The summed E-state index contributed by atoms with van der Waals surface area (Å²) < 4.78 is 10.9. The Hall–Kier alpha value is -1.76. The summed E-state index contributed by atoms with van der Waals surface area (Å²) in [6.45, 7) is 12.3. The lowest BCUT2D eigenvalue weighted by atomic mass is 9.62. The predicted octanol–water partition coefficient (Wildman–Crippen LogP) is 4.19. The summed E-state index contributed by atoms with van der Waals surface area (Å²) in [5.74, 6) is 2.08. The lowest BCUT2D eigenvalue weighted by Crippen LogP contribution is -2.56. The van der Waals surface area contributed by atoms with Gasteiger partial charge in [0.15, 0.2) is 0 Å². The topological polar surface area (TPSA) is 61.4 Å². The molecule has 5 nitrogen and oxygen atoms in total. The molecule has 4 aliphatic rings. The van der Waals surface area contributed by atoms with Crippen molar-refractivity contribution in [3.05, 3.63) is 59.7 Å². The van der Waals surface area contributed by atoms with Crippen molar-refractivity contribution in [2.75, 3.05) is 50.8 Å². The van der Waals surface area contributed by atoms with Crippen LogP contribution in [0.3, 0.4) is 0 Å². The van der Waals surface area contributed by atoms with Gasteiger partial charge in [-0.3, -0.25) is 9.00 Å². The van der Waals surface area contributed by atoms with Gasteiger partial charge in [0.1, 0.15) is 0 Å². The van der Waals surface area contributed by atoms with Crippen LogP contribution in [0, 0.1) is 10.8 Å². The Morgan fingerprint density at radius 1 is 0.944 bits per heavy atom. The molecule has 3 heterocycles. The fraction of sp³-hybridized carbons (Fsp3) is 0.633. The molecule has 5 rings (SSSR count). The van der Waals surface area contributed by atoms with E-state index < -0.39 is 10.8 Å². The highest BCUT2D eigenvalue weighted by atomic mass is 32.2. The Labute approximate surface area is 220 Å². The second-order valence-electron chi connectivity index (χ2n) is 11.7. The van der Waals surface area contributed by atoms with Crippen LogP contribution in [0.4, 0.5) is 0 Å². The van der Waals surface area contributed by atoms with Crippen molar-refractivity contribution in [1.82, 2.24) is 15.5 Å². The van der Waals surface area contributed by atoms with Crippen molar-refractivity contribution in [2.45, 2.75) is 58.3 Å². The van der Waals surface area contributed by atoms with Crippen molar-refractivity contribution >= 4 is 16.7 Å². The van der Waals surface area contributed by atoms with Gasteiger partial charge in [0, 0.05) is 52.8 Å². The van der Waals surface area contributed by atoms with E-state index in [4.69, 9.17) is 0 Å². The van der Waals surface area contributed by atoms with E-state index in [-0.39, 0.29) is 16.2 Å². The molecule has 2 fully saturated rings. The number of benzene rings is 1. The van der Waals surface area contributed by atoms with Crippen molar-refractivity contribution in [1.29, 1.82) is 0 Å². The first-order valence-corrected chi connectivity index (χ1v) is 15.3. The van der Waals surface area contributed by atoms with Gasteiger partial charge in [0.2, 0.25) is 5.91 Å². The number of piperidine rings is 1. The third-order valence-corrected chi connectivity index (χ3v) is 9.87. The number of hydrogen-bond donors (Lipinski definition) is 2. The Bertz CT molecular complexity index is 971. The van der Waals surface area contributed by atoms with Gasteiger partial charge in [0.25, 0.3) is 0 Å². The number of hydrogen-bond acceptors (Lipinski definition) is 4. The van der Waals surface area contributed by atoms with Gasteiger partial charge in [-0.25, -0.2) is 0 Å². The molecule has 1 amide bonds. The molecular formula is C30H45N3O2S. The van der Waals surface area contributed by atoms with Crippen LogP contribution in [-0.4, -0.2) is 65.8 Å². The van der Waals surface area contributed by atoms with Crippen LogP contribution in [0.2, 0.25) is 0 Å². The maximum atomic E-state index is 13.9. The fourth-order valence-corrected chi connectivity index (χ4v) is 7.66. The molecule has 198 valence electrons. The summed E-state index contributed by atoms with van der Waals surface area (Å²) in [5, 5.41) is 6.66. The van der Waals surface area contributed by atoms with Crippen molar-refractivity contribution < 1.29 is 9.00 Å². The molecule has 2 atom stereocenters. The molecule has 1 aliphatic carbocycles. The molecule has 0 spiro atoms. The maximum Gasteiger partial charge on any atom is 0.233 e. The number of allylic oxidation sites excluding steroid dienone is 2. The van der Waals surface area contributed by atoms with Crippen LogP contribution in [0.5, 0.6) is 0 Å². The van der Waals surface area contributed by atoms with Gasteiger partial charge >= 0.3 is 0 Å². The SMILES string of the molecule is CC1(C)C=CCC2(C)CN(C(=O)C3(c4ccccc4)CCNCC3)CC=C12.O=S1CCCCNCC1. The molecule has 3 aliphatic heterocycles. The van der Waals surface area contributed by atoms with Gasteiger partial charge in [-0.1, -0.05) is 74.9 Å². The Kier molecular flexibility index (Phi) is 8.90. The summed E-state index contributed by atoms with van der Waals surface area (Å²) in [5.41, 5.74) is 2.44. The molecule has 2 saturated heterocycles. The maximum absolute atomic E-state index is 13.9. The fourth-order valence-electron chi connectivity index (χ4n) is 6.56. The summed E-state index contributed by atoms with van der Waals surface area (Å²) in [6.07, 6.45) is 12.1. The zero-order valence-corrected chi connectivity index (χ0v) is 23.3. The number of nitrogens with zero attached hydrogens (tertiary/aromatic N) is 1. The highest BCUT2D eigenvalue weighted by molar-refractivity contribution is 7.84. The summed E-state index contributed by atoms with van der Waals surface area (Å²) in [7, 11) is -0.531. The first-order valence-electron chi connectivity index (χ1n) is 13.8. The van der Waals surface area contributed by atoms with Gasteiger partial charge in [-0.05, 0) is 57.3 Å². The molecule has 1 aromatic rings. The molecule has 0 radical (unpaired) electrons. The van der Waals surface area contributed by atoms with Gasteiger partial charge in [-0.2, -0.15) is 0 Å². The van der Waals surface area contributed by atoms with Crippen LogP contribution in [-0.2, 0) is 21.0 Å². The predicted molar refractivity (Wildman–Crippen MR) is 151 cm³/mol. The normalized spacial score (nSPS) is 29.5. The van der Waals surface area contributed by atoms with Gasteiger partial charge in [-0.15, -0.1) is 0 Å². The van der Waals surface area contributed by atoms with Crippen molar-refractivity contribution in [3.63, 3.8) is 0 Å². The zero-order chi connectivity index (χ0) is 25.7. The number of fused-ring (bicyclic) bond motifs is 1. The molecule has 36 heavy (non-hydrogen) atoms. The van der Waals surface area contributed by atoms with Crippen LogP contribution >= 0.6 is 0 Å². The zero-order valence-electron chi connectivity index (χ0n) is 22.5. The molecule has 0 aromatic heterocycles. The lowest BCUT2D eigenvalue weighted by molar-refractivity contribution is -0.140. The second-order valence-corrected chi connectivity index (χ2v) is 13.4. The average molecular weight is 512 g/mol. The van der Waals surface area contributed by atoms with E-state index in [0.717, 1.165) is 76.5 Å². The molecular weight excluding hydrogens is 466 g/mol. The average Bonchev–Trinajstić information content (AvgIpc) is 2.86. The largest absolute Gasteiger partial charge is 0.337 e. The monoisotopic (exact) mass is 511 g/mol. The molecule has 2 N–H and O–H groups in total. The van der Waals surface area contributed by atoms with Gasteiger partial charge in [0.05, 0.1) is 5.41 Å². The standard InChI is InChI=1S/C24H32N2O.C6H13NOS/c1-22(2)11-7-12-23(3)18-26(17-10-20(22)23)21(27)24(13-15-25-16-14-24)19-8-5-4-6-9-19;8-9-5-2-1-3-7-4-6-9/h4-11,25H,12-18H2,1-3H3;7H,1-6H2. The van der Waals surface area contributed by atoms with E-state index >= 15 is 0 Å². The first-order chi connectivity index (χ1) is 17.3. The second kappa shape index (κ2) is 11.7. The van der Waals surface area contributed by atoms with Crippen molar-refractivity contribution in [2.24, 2.45) is 10.8 Å². The van der Waals surface area contributed by atoms with E-state index in [1.807, 2.05) is 6.07 Å². The number of nitrogens with one attached hydrogen (secondary N) is 2. The van der Waals surface area contributed by atoms with Crippen LogP contribution in [0.15, 0.2) is 54.1 Å². The number of rotatable bonds is 2. The van der Waals surface area contributed by atoms with E-state index in [0.29, 0.717) is 5.91 Å². The van der Waals surface area contributed by atoms with Crippen molar-refractivity contribution in [3.8, 4) is 0 Å². The minimum Gasteiger partial charge on any atom is -0.337 e. The third-order valence-electron chi connectivity index (χ3n) is 8.47. The molecule has 1 aromatic carbocycles. The lowest BCUT2D eigenvalue weighted by Gasteiger charge is -2.50. The summed E-state index contributed by atoms with van der Waals surface area (Å²) in [4.78, 5) is 16.0. The Balaban J connectivity index is 0.000000286. The van der Waals surface area contributed by atoms with E-state index in [1.54, 1.807) is 0 Å². The molecule has 2 unspecified atom stereocenters. The summed E-state index contributed by atoms with van der Waals surface area (Å²) in [6, 6.07) is 10.5. The van der Waals surface area contributed by atoms with E-state index in [1.165, 1.54) is 17.6 Å². The smallest absolute Gasteiger partial charge is 0.233 e. The molecule has 0 saturated carbocycles. The Morgan fingerprint density at radius 2 is 1.67 bits per heavy atom.